The van der Waals surface area contributed by atoms with Crippen LogP contribution in [0.4, 0.5) is 4.79 Å². The smallest absolute Gasteiger partial charge is 0.407 e. The molecule has 25 heavy (non-hydrogen) atoms. The molecule has 1 amide bonds. The molecule has 1 aliphatic rings. The predicted octanol–water partition coefficient (Wildman–Crippen LogP) is 3.36. The van der Waals surface area contributed by atoms with Crippen LogP contribution in [0, 0.1) is 0 Å². The van der Waals surface area contributed by atoms with Gasteiger partial charge in [-0.25, -0.2) is 4.79 Å². The van der Waals surface area contributed by atoms with Gasteiger partial charge in [-0.1, -0.05) is 0 Å². The van der Waals surface area contributed by atoms with E-state index in [1.807, 2.05) is 32.5 Å². The molecule has 0 heterocycles. The average Bonchev–Trinajstić information content (AvgIpc) is 2.50. The normalized spacial score (nSPS) is 21.1. The number of rotatable bonds is 6. The highest BCUT2D eigenvalue weighted by molar-refractivity contribution is 14.0. The summed E-state index contributed by atoms with van der Waals surface area (Å²) in [6, 6.07) is 0.614. The molecule has 0 aromatic rings. The first-order chi connectivity index (χ1) is 11.3. The van der Waals surface area contributed by atoms with Crippen molar-refractivity contribution >= 4 is 47.8 Å². The van der Waals surface area contributed by atoms with Crippen molar-refractivity contribution in [2.75, 3.05) is 25.6 Å². The highest BCUT2D eigenvalue weighted by atomic mass is 127. The Morgan fingerprint density at radius 1 is 1.16 bits per heavy atom. The molecule has 1 fully saturated rings. The standard InChI is InChI=1S/C17H34N4O2S.HI/c1-17(2,3)23-16(22)21-14-9-7-13(8-10-14)20-15(18-4)19-11-6-12-24-5;/h13-14H,6-12H2,1-5H3,(H,21,22)(H2,18,19,20);1H. The van der Waals surface area contributed by atoms with Crippen LogP contribution in [0.15, 0.2) is 4.99 Å². The van der Waals surface area contributed by atoms with Crippen molar-refractivity contribution in [2.45, 2.75) is 70.6 Å². The van der Waals surface area contributed by atoms with E-state index in [1.165, 1.54) is 0 Å². The Morgan fingerprint density at radius 3 is 2.20 bits per heavy atom. The van der Waals surface area contributed by atoms with Gasteiger partial charge in [-0.2, -0.15) is 11.8 Å². The molecule has 0 unspecified atom stereocenters. The fourth-order valence-electron chi connectivity index (χ4n) is 2.67. The number of ether oxygens (including phenoxy) is 1. The monoisotopic (exact) mass is 486 g/mol. The lowest BCUT2D eigenvalue weighted by Crippen LogP contribution is -2.48. The SMILES string of the molecule is CN=C(NCCCSC)NC1CCC(NC(=O)OC(C)(C)C)CC1.I. The molecule has 3 N–H and O–H groups in total. The lowest BCUT2D eigenvalue weighted by molar-refractivity contribution is 0.0490. The van der Waals surface area contributed by atoms with Gasteiger partial charge < -0.3 is 20.7 Å². The van der Waals surface area contributed by atoms with Gasteiger partial charge in [-0.05, 0) is 64.9 Å². The number of alkyl carbamates (subject to hydrolysis) is 1. The zero-order valence-corrected chi connectivity index (χ0v) is 19.3. The molecule has 0 atom stereocenters. The molecule has 6 nitrogen and oxygen atoms in total. The second kappa shape index (κ2) is 12.9. The van der Waals surface area contributed by atoms with E-state index in [9.17, 15) is 4.79 Å². The second-order valence-electron chi connectivity index (χ2n) is 7.18. The molecule has 0 aliphatic heterocycles. The Bertz CT molecular complexity index is 408. The fraction of sp³-hybridized carbons (Fsp3) is 0.882. The summed E-state index contributed by atoms with van der Waals surface area (Å²) < 4.78 is 5.32. The molecule has 0 saturated heterocycles. The summed E-state index contributed by atoms with van der Waals surface area (Å²) in [5, 5.41) is 9.81. The van der Waals surface area contributed by atoms with Gasteiger partial charge in [0.1, 0.15) is 5.60 Å². The Hall–Kier alpha value is -0.380. The van der Waals surface area contributed by atoms with Crippen molar-refractivity contribution in [3.8, 4) is 0 Å². The van der Waals surface area contributed by atoms with Crippen molar-refractivity contribution in [3.05, 3.63) is 0 Å². The van der Waals surface area contributed by atoms with Gasteiger partial charge in [-0.15, -0.1) is 24.0 Å². The summed E-state index contributed by atoms with van der Waals surface area (Å²) in [4.78, 5) is 16.1. The van der Waals surface area contributed by atoms with Crippen LogP contribution >= 0.6 is 35.7 Å². The van der Waals surface area contributed by atoms with Crippen molar-refractivity contribution in [1.29, 1.82) is 0 Å². The Balaban J connectivity index is 0.00000576. The zero-order chi connectivity index (χ0) is 18.0. The average molecular weight is 486 g/mol. The zero-order valence-electron chi connectivity index (χ0n) is 16.2. The summed E-state index contributed by atoms with van der Waals surface area (Å²) in [6.45, 7) is 6.58. The molecule has 1 rings (SSSR count). The minimum Gasteiger partial charge on any atom is -0.444 e. The molecule has 0 aromatic heterocycles. The lowest BCUT2D eigenvalue weighted by Gasteiger charge is -2.31. The van der Waals surface area contributed by atoms with E-state index in [4.69, 9.17) is 4.74 Å². The highest BCUT2D eigenvalue weighted by Crippen LogP contribution is 2.19. The van der Waals surface area contributed by atoms with Crippen molar-refractivity contribution in [3.63, 3.8) is 0 Å². The summed E-state index contributed by atoms with van der Waals surface area (Å²) in [6.07, 6.45) is 6.90. The highest BCUT2D eigenvalue weighted by Gasteiger charge is 2.25. The van der Waals surface area contributed by atoms with E-state index in [2.05, 4.69) is 27.2 Å². The summed E-state index contributed by atoms with van der Waals surface area (Å²) in [5.41, 5.74) is -0.447. The second-order valence-corrected chi connectivity index (χ2v) is 8.17. The summed E-state index contributed by atoms with van der Waals surface area (Å²) in [5.74, 6) is 2.03. The van der Waals surface area contributed by atoms with E-state index in [0.717, 1.165) is 50.4 Å². The van der Waals surface area contributed by atoms with Crippen molar-refractivity contribution < 1.29 is 9.53 Å². The molecule has 0 radical (unpaired) electrons. The van der Waals surface area contributed by atoms with Gasteiger partial charge in [0.2, 0.25) is 0 Å². The Morgan fingerprint density at radius 2 is 1.72 bits per heavy atom. The largest absolute Gasteiger partial charge is 0.444 e. The number of halogens is 1. The summed E-state index contributed by atoms with van der Waals surface area (Å²) in [7, 11) is 1.81. The van der Waals surface area contributed by atoms with E-state index < -0.39 is 5.60 Å². The minimum atomic E-state index is -0.447. The van der Waals surface area contributed by atoms with E-state index in [-0.39, 0.29) is 36.1 Å². The topological polar surface area (TPSA) is 74.8 Å². The number of nitrogens with one attached hydrogen (secondary N) is 3. The van der Waals surface area contributed by atoms with E-state index >= 15 is 0 Å². The first-order valence-corrected chi connectivity index (χ1v) is 10.2. The molecule has 0 bridgehead atoms. The van der Waals surface area contributed by atoms with Gasteiger partial charge >= 0.3 is 6.09 Å². The minimum absolute atomic E-state index is 0. The number of thioether (sulfide) groups is 1. The molecule has 0 spiro atoms. The first-order valence-electron chi connectivity index (χ1n) is 8.79. The van der Waals surface area contributed by atoms with Gasteiger partial charge in [0.05, 0.1) is 0 Å². The maximum atomic E-state index is 11.8. The van der Waals surface area contributed by atoms with Crippen LogP contribution in [0.2, 0.25) is 0 Å². The number of amides is 1. The van der Waals surface area contributed by atoms with Gasteiger partial charge in [0, 0.05) is 25.7 Å². The van der Waals surface area contributed by atoms with Gasteiger partial charge in [-0.3, -0.25) is 4.99 Å². The number of aliphatic imine (C=N–C) groups is 1. The van der Waals surface area contributed by atoms with Crippen LogP contribution in [-0.2, 0) is 4.74 Å². The van der Waals surface area contributed by atoms with Crippen LogP contribution in [-0.4, -0.2) is 55.3 Å². The lowest BCUT2D eigenvalue weighted by atomic mass is 9.91. The third-order valence-electron chi connectivity index (χ3n) is 3.83. The van der Waals surface area contributed by atoms with Crippen LogP contribution in [0.5, 0.6) is 0 Å². The number of hydrogen-bond acceptors (Lipinski definition) is 4. The summed E-state index contributed by atoms with van der Waals surface area (Å²) >= 11 is 1.86. The van der Waals surface area contributed by atoms with Crippen LogP contribution in [0.25, 0.3) is 0 Å². The number of guanidine groups is 1. The third-order valence-corrected chi connectivity index (χ3v) is 4.53. The van der Waals surface area contributed by atoms with Crippen molar-refractivity contribution in [1.82, 2.24) is 16.0 Å². The molecule has 1 saturated carbocycles. The molecule has 8 heteroatoms. The van der Waals surface area contributed by atoms with Crippen molar-refractivity contribution in [2.24, 2.45) is 4.99 Å². The Labute approximate surface area is 174 Å². The first kappa shape index (κ1) is 24.6. The number of hydrogen-bond donors (Lipinski definition) is 3. The molecule has 1 aliphatic carbocycles. The molecule has 148 valence electrons. The fourth-order valence-corrected chi connectivity index (χ4v) is 3.10. The van der Waals surface area contributed by atoms with Crippen LogP contribution in [0.1, 0.15) is 52.9 Å². The maximum Gasteiger partial charge on any atom is 0.407 e. The molecule has 0 aromatic carbocycles. The quantitative estimate of drug-likeness (QED) is 0.232. The number of carbonyl (C=O) groups is 1. The van der Waals surface area contributed by atoms with Crippen LogP contribution in [0.3, 0.4) is 0 Å². The van der Waals surface area contributed by atoms with E-state index in [0.29, 0.717) is 6.04 Å². The van der Waals surface area contributed by atoms with E-state index in [1.54, 1.807) is 7.05 Å². The number of nitrogens with zero attached hydrogens (tertiary/aromatic N) is 1. The Kier molecular flexibility index (Phi) is 12.7. The van der Waals surface area contributed by atoms with Crippen LogP contribution < -0.4 is 16.0 Å². The predicted molar refractivity (Wildman–Crippen MR) is 118 cm³/mol. The third kappa shape index (κ3) is 11.8. The molecular weight excluding hydrogens is 451 g/mol. The number of carbonyl (C=O) groups excluding carboxylic acids is 1. The van der Waals surface area contributed by atoms with Gasteiger partial charge in [0.25, 0.3) is 0 Å². The molecular formula is C17H35IN4O2S. The maximum absolute atomic E-state index is 11.8. The van der Waals surface area contributed by atoms with Gasteiger partial charge in [0.15, 0.2) is 5.96 Å².